The van der Waals surface area contributed by atoms with Crippen LogP contribution in [0.5, 0.6) is 0 Å². The van der Waals surface area contributed by atoms with Crippen LogP contribution in [0.25, 0.3) is 0 Å². The number of benzene rings is 2. The average molecular weight is 539 g/mol. The first-order valence-electron chi connectivity index (χ1n) is 13.3. The van der Waals surface area contributed by atoms with Gasteiger partial charge in [-0.3, -0.25) is 14.4 Å². The topological polar surface area (TPSA) is 120 Å². The lowest BCUT2D eigenvalue weighted by molar-refractivity contribution is -0.193. The zero-order valence-electron chi connectivity index (χ0n) is 22.9. The lowest BCUT2D eigenvalue weighted by atomic mass is 9.82. The Hall–Kier alpha value is -3.72. The summed E-state index contributed by atoms with van der Waals surface area (Å²) in [7, 11) is 0. The molecular weight excluding hydrogens is 500 g/mol. The van der Waals surface area contributed by atoms with E-state index in [9.17, 15) is 19.2 Å². The van der Waals surface area contributed by atoms with Gasteiger partial charge in [0.15, 0.2) is 6.10 Å². The van der Waals surface area contributed by atoms with Crippen molar-refractivity contribution >= 4 is 23.8 Å². The minimum Gasteiger partial charge on any atom is -0.459 e. The molecule has 3 rings (SSSR count). The molecule has 1 heterocycles. The molecule has 2 aromatic rings. The summed E-state index contributed by atoms with van der Waals surface area (Å²) in [5, 5.41) is 5.39. The van der Waals surface area contributed by atoms with Gasteiger partial charge in [-0.25, -0.2) is 4.79 Å². The maximum Gasteiger partial charge on any atom is 0.329 e. The van der Waals surface area contributed by atoms with Crippen LogP contribution in [0.4, 0.5) is 0 Å². The molecule has 2 N–H and O–H groups in total. The zero-order chi connectivity index (χ0) is 28.4. The molecule has 0 unspecified atom stereocenters. The Morgan fingerprint density at radius 2 is 1.49 bits per heavy atom. The van der Waals surface area contributed by atoms with E-state index in [4.69, 9.17) is 14.2 Å². The van der Waals surface area contributed by atoms with E-state index in [1.165, 1.54) is 0 Å². The first-order chi connectivity index (χ1) is 18.7. The minimum atomic E-state index is -1.12. The van der Waals surface area contributed by atoms with Crippen LogP contribution >= 0.6 is 0 Å². The van der Waals surface area contributed by atoms with E-state index in [-0.39, 0.29) is 31.7 Å². The van der Waals surface area contributed by atoms with Gasteiger partial charge in [0, 0.05) is 0 Å². The maximum absolute atomic E-state index is 13.4. The quantitative estimate of drug-likeness (QED) is 0.355. The van der Waals surface area contributed by atoms with E-state index in [1.54, 1.807) is 13.8 Å². The fraction of sp³-hybridized carbons (Fsp3) is 0.467. The lowest BCUT2D eigenvalue weighted by Gasteiger charge is -2.37. The van der Waals surface area contributed by atoms with E-state index in [0.717, 1.165) is 11.1 Å². The second-order valence-electron chi connectivity index (χ2n) is 10.2. The number of esters is 2. The smallest absolute Gasteiger partial charge is 0.329 e. The van der Waals surface area contributed by atoms with Gasteiger partial charge in [0.25, 0.3) is 5.91 Å². The fourth-order valence-electron chi connectivity index (χ4n) is 4.21. The van der Waals surface area contributed by atoms with Gasteiger partial charge in [0.2, 0.25) is 5.91 Å². The predicted octanol–water partition coefficient (Wildman–Crippen LogP) is 3.16. The molecule has 2 amide bonds. The number of nitrogens with one attached hydrogen (secondary N) is 2. The summed E-state index contributed by atoms with van der Waals surface area (Å²) >= 11 is 0. The Morgan fingerprint density at radius 3 is 2.03 bits per heavy atom. The fourth-order valence-corrected chi connectivity index (χ4v) is 4.21. The van der Waals surface area contributed by atoms with Crippen molar-refractivity contribution < 1.29 is 33.4 Å². The predicted molar refractivity (Wildman–Crippen MR) is 144 cm³/mol. The van der Waals surface area contributed by atoms with Crippen molar-refractivity contribution in [1.29, 1.82) is 0 Å². The highest BCUT2D eigenvalue weighted by atomic mass is 16.6. The standard InChI is InChI=1S/C30H38N2O7/c1-5-20(4)24-26(39-29(24)35)28(34)31-23(18-37-16-21-12-8-6-9-13-21)27(33)32-25(19(2)3)30(36)38-17-22-14-10-7-11-15-22/h6-15,19-20,23-26H,5,16-18H2,1-4H3,(H,31,34)(H,32,33)/t20-,23-,24-,25-,26+/m0/s1. The Kier molecular flexibility index (Phi) is 11.0. The van der Waals surface area contributed by atoms with E-state index < -0.39 is 47.9 Å². The number of rotatable bonds is 14. The van der Waals surface area contributed by atoms with Crippen LogP contribution < -0.4 is 10.6 Å². The van der Waals surface area contributed by atoms with Crippen molar-refractivity contribution in [3.8, 4) is 0 Å². The molecule has 9 nitrogen and oxygen atoms in total. The van der Waals surface area contributed by atoms with E-state index >= 15 is 0 Å². The largest absolute Gasteiger partial charge is 0.459 e. The molecule has 1 saturated heterocycles. The second kappa shape index (κ2) is 14.4. The Balaban J connectivity index is 1.67. The highest BCUT2D eigenvalue weighted by molar-refractivity contribution is 5.97. The van der Waals surface area contributed by atoms with Crippen LogP contribution in [0.1, 0.15) is 45.2 Å². The van der Waals surface area contributed by atoms with Crippen molar-refractivity contribution in [3.63, 3.8) is 0 Å². The van der Waals surface area contributed by atoms with Crippen LogP contribution in [-0.4, -0.2) is 48.5 Å². The van der Waals surface area contributed by atoms with Gasteiger partial charge in [-0.1, -0.05) is 94.8 Å². The zero-order valence-corrected chi connectivity index (χ0v) is 22.9. The summed E-state index contributed by atoms with van der Waals surface area (Å²) in [6.07, 6.45) is -0.275. The lowest BCUT2D eigenvalue weighted by Crippen LogP contribution is -2.61. The monoisotopic (exact) mass is 538 g/mol. The van der Waals surface area contributed by atoms with E-state index in [2.05, 4.69) is 10.6 Å². The van der Waals surface area contributed by atoms with Gasteiger partial charge in [-0.15, -0.1) is 0 Å². The van der Waals surface area contributed by atoms with E-state index in [0.29, 0.717) is 6.42 Å². The third-order valence-electron chi connectivity index (χ3n) is 6.83. The van der Waals surface area contributed by atoms with Gasteiger partial charge in [0.05, 0.1) is 13.2 Å². The summed E-state index contributed by atoms with van der Waals surface area (Å²) < 4.78 is 16.3. The van der Waals surface area contributed by atoms with Crippen LogP contribution in [0, 0.1) is 17.8 Å². The van der Waals surface area contributed by atoms with Crippen LogP contribution in [0.2, 0.25) is 0 Å². The molecule has 0 spiro atoms. The third-order valence-corrected chi connectivity index (χ3v) is 6.83. The Bertz CT molecular complexity index is 1110. The molecule has 0 saturated carbocycles. The summed E-state index contributed by atoms with van der Waals surface area (Å²) in [4.78, 5) is 51.3. The SMILES string of the molecule is CC[C@H](C)[C@@H]1C(=O)O[C@H]1C(=O)N[C@@H](COCc1ccccc1)C(=O)N[C@H](C(=O)OCc1ccccc1)C(C)C. The van der Waals surface area contributed by atoms with Gasteiger partial charge in [0.1, 0.15) is 24.6 Å². The van der Waals surface area contributed by atoms with Crippen molar-refractivity contribution in [2.75, 3.05) is 6.61 Å². The number of carbonyl (C=O) groups excluding carboxylic acids is 4. The summed E-state index contributed by atoms with van der Waals surface area (Å²) in [6, 6.07) is 16.6. The first-order valence-corrected chi connectivity index (χ1v) is 13.3. The van der Waals surface area contributed by atoms with Crippen LogP contribution in [0.3, 0.4) is 0 Å². The first kappa shape index (κ1) is 29.8. The van der Waals surface area contributed by atoms with Gasteiger partial charge in [-0.2, -0.15) is 0 Å². The van der Waals surface area contributed by atoms with Crippen molar-refractivity contribution in [3.05, 3.63) is 71.8 Å². The molecular formula is C30H38N2O7. The number of carbonyl (C=O) groups is 4. The normalized spacial score (nSPS) is 18.7. The number of ether oxygens (including phenoxy) is 3. The summed E-state index contributed by atoms with van der Waals surface area (Å²) in [5.41, 5.74) is 1.72. The molecule has 1 aliphatic heterocycles. The molecule has 210 valence electrons. The third kappa shape index (κ3) is 8.38. The molecule has 0 aliphatic carbocycles. The van der Waals surface area contributed by atoms with Gasteiger partial charge >= 0.3 is 11.9 Å². The number of hydrogen-bond donors (Lipinski definition) is 2. The number of amides is 2. The van der Waals surface area contributed by atoms with Gasteiger partial charge < -0.3 is 24.8 Å². The molecule has 1 aliphatic rings. The molecule has 1 fully saturated rings. The molecule has 0 bridgehead atoms. The minimum absolute atomic E-state index is 0.0479. The highest BCUT2D eigenvalue weighted by Crippen LogP contribution is 2.31. The number of cyclic esters (lactones) is 1. The highest BCUT2D eigenvalue weighted by Gasteiger charge is 2.50. The molecule has 0 aromatic heterocycles. The van der Waals surface area contributed by atoms with Crippen molar-refractivity contribution in [2.24, 2.45) is 17.8 Å². The maximum atomic E-state index is 13.4. The Morgan fingerprint density at radius 1 is 0.897 bits per heavy atom. The molecule has 39 heavy (non-hydrogen) atoms. The molecule has 0 radical (unpaired) electrons. The van der Waals surface area contributed by atoms with Crippen LogP contribution in [-0.2, 0) is 46.6 Å². The van der Waals surface area contributed by atoms with E-state index in [1.807, 2.05) is 74.5 Å². The van der Waals surface area contributed by atoms with Crippen molar-refractivity contribution in [1.82, 2.24) is 10.6 Å². The summed E-state index contributed by atoms with van der Waals surface area (Å²) in [6.45, 7) is 7.54. The molecule has 9 heteroatoms. The van der Waals surface area contributed by atoms with Crippen molar-refractivity contribution in [2.45, 2.75) is 65.5 Å². The Labute approximate surface area is 229 Å². The second-order valence-corrected chi connectivity index (χ2v) is 10.2. The average Bonchev–Trinajstić information content (AvgIpc) is 2.93. The molecule has 5 atom stereocenters. The number of hydrogen-bond acceptors (Lipinski definition) is 7. The summed E-state index contributed by atoms with van der Waals surface area (Å²) in [5.74, 6) is -3.07. The van der Waals surface area contributed by atoms with Gasteiger partial charge in [-0.05, 0) is 23.0 Å². The van der Waals surface area contributed by atoms with Crippen LogP contribution in [0.15, 0.2) is 60.7 Å². The molecule has 2 aromatic carbocycles.